The number of benzene rings is 1. The van der Waals surface area contributed by atoms with Gasteiger partial charge in [0.2, 0.25) is 11.9 Å². The van der Waals surface area contributed by atoms with Gasteiger partial charge in [0.05, 0.1) is 11.0 Å². The largest absolute Gasteiger partial charge is 0.324 e. The number of alkyl halides is 1. The van der Waals surface area contributed by atoms with E-state index in [9.17, 15) is 4.79 Å². The van der Waals surface area contributed by atoms with E-state index in [2.05, 4.69) is 25.9 Å². The first-order chi connectivity index (χ1) is 7.74. The van der Waals surface area contributed by atoms with Crippen LogP contribution in [0.3, 0.4) is 0 Å². The van der Waals surface area contributed by atoms with Crippen LogP contribution in [0.4, 0.5) is 5.95 Å². The summed E-state index contributed by atoms with van der Waals surface area (Å²) in [5, 5.41) is 0. The van der Waals surface area contributed by atoms with E-state index < -0.39 is 0 Å². The van der Waals surface area contributed by atoms with Gasteiger partial charge in [0.25, 0.3) is 0 Å². The minimum atomic E-state index is 0.112. The molecule has 2 heterocycles. The van der Waals surface area contributed by atoms with Crippen molar-refractivity contribution in [1.29, 1.82) is 0 Å². The molecule has 82 valence electrons. The molecule has 1 aliphatic rings. The van der Waals surface area contributed by atoms with Crippen LogP contribution < -0.4 is 4.90 Å². The van der Waals surface area contributed by atoms with Crippen LogP contribution in [0.15, 0.2) is 24.3 Å². The summed E-state index contributed by atoms with van der Waals surface area (Å²) in [6, 6.07) is 7.77. The number of carbonyl (C=O) groups excluding carboxylic acids is 1. The second-order valence-electron chi connectivity index (χ2n) is 3.88. The zero-order chi connectivity index (χ0) is 11.1. The van der Waals surface area contributed by atoms with Gasteiger partial charge in [-0.15, -0.1) is 0 Å². The monoisotopic (exact) mass is 279 g/mol. The highest BCUT2D eigenvalue weighted by Gasteiger charge is 2.30. The summed E-state index contributed by atoms with van der Waals surface area (Å²) < 4.78 is 0. The first-order valence-electron chi connectivity index (χ1n) is 5.13. The Morgan fingerprint density at radius 3 is 2.94 bits per heavy atom. The lowest BCUT2D eigenvalue weighted by molar-refractivity contribution is -0.117. The molecule has 4 nitrogen and oxygen atoms in total. The third-order valence-corrected chi connectivity index (χ3v) is 3.32. The molecule has 1 atom stereocenters. The first kappa shape index (κ1) is 9.84. The number of nitrogens with zero attached hydrogens (tertiary/aromatic N) is 2. The van der Waals surface area contributed by atoms with E-state index in [1.165, 1.54) is 0 Å². The zero-order valence-corrected chi connectivity index (χ0v) is 10.1. The number of halogens is 1. The Hall–Kier alpha value is -1.36. The normalized spacial score (nSPS) is 20.9. The molecule has 5 heteroatoms. The molecule has 0 saturated carbocycles. The van der Waals surface area contributed by atoms with Gasteiger partial charge in [0, 0.05) is 17.8 Å². The number of fused-ring (bicyclic) bond motifs is 1. The lowest BCUT2D eigenvalue weighted by Gasteiger charge is -2.10. The number of aromatic nitrogens is 2. The summed E-state index contributed by atoms with van der Waals surface area (Å²) in [7, 11) is 0. The number of anilines is 1. The number of rotatable bonds is 1. The Labute approximate surface area is 101 Å². The predicted octanol–water partition coefficient (Wildman–Crippen LogP) is 2.06. The first-order valence-corrected chi connectivity index (χ1v) is 6.05. The minimum Gasteiger partial charge on any atom is -0.324 e. The van der Waals surface area contributed by atoms with Crippen molar-refractivity contribution in [2.75, 3.05) is 11.4 Å². The Morgan fingerprint density at radius 1 is 1.44 bits per heavy atom. The number of imidazole rings is 1. The quantitative estimate of drug-likeness (QED) is 0.813. The number of para-hydroxylation sites is 2. The average Bonchev–Trinajstić information content (AvgIpc) is 2.81. The van der Waals surface area contributed by atoms with Crippen LogP contribution in [-0.4, -0.2) is 27.2 Å². The molecule has 16 heavy (non-hydrogen) atoms. The molecule has 1 unspecified atom stereocenters. The van der Waals surface area contributed by atoms with E-state index in [1.54, 1.807) is 4.90 Å². The molecule has 1 aliphatic heterocycles. The fourth-order valence-corrected chi connectivity index (χ4v) is 2.50. The van der Waals surface area contributed by atoms with Crippen molar-refractivity contribution in [2.24, 2.45) is 0 Å². The van der Waals surface area contributed by atoms with E-state index >= 15 is 0 Å². The van der Waals surface area contributed by atoms with E-state index in [0.717, 1.165) is 11.0 Å². The molecule has 1 aromatic heterocycles. The van der Waals surface area contributed by atoms with Crippen molar-refractivity contribution in [3.8, 4) is 0 Å². The van der Waals surface area contributed by atoms with Crippen molar-refractivity contribution in [3.63, 3.8) is 0 Å². The Bertz CT molecular complexity index is 518. The van der Waals surface area contributed by atoms with Gasteiger partial charge in [0.1, 0.15) is 0 Å². The van der Waals surface area contributed by atoms with Gasteiger partial charge in [-0.25, -0.2) is 4.98 Å². The Balaban J connectivity index is 2.03. The van der Waals surface area contributed by atoms with Gasteiger partial charge in [-0.3, -0.25) is 9.69 Å². The van der Waals surface area contributed by atoms with E-state index in [-0.39, 0.29) is 10.7 Å². The highest BCUT2D eigenvalue weighted by atomic mass is 79.9. The highest BCUT2D eigenvalue weighted by molar-refractivity contribution is 9.09. The molecule has 0 radical (unpaired) electrons. The molecule has 0 spiro atoms. The highest BCUT2D eigenvalue weighted by Crippen LogP contribution is 2.24. The summed E-state index contributed by atoms with van der Waals surface area (Å²) in [6.45, 7) is 0.679. The summed E-state index contributed by atoms with van der Waals surface area (Å²) in [5.41, 5.74) is 1.85. The van der Waals surface area contributed by atoms with Crippen molar-refractivity contribution < 1.29 is 4.79 Å². The molecule has 3 rings (SSSR count). The number of aromatic amines is 1. The molecule has 1 aromatic carbocycles. The number of nitrogens with one attached hydrogen (secondary N) is 1. The molecular formula is C11H10BrN3O. The third-order valence-electron chi connectivity index (χ3n) is 2.71. The summed E-state index contributed by atoms with van der Waals surface area (Å²) in [5.74, 6) is 0.758. The lowest BCUT2D eigenvalue weighted by Crippen LogP contribution is -2.25. The SMILES string of the molecule is O=C1CC(Br)CN1c1nc2ccccc2[nH]1. The van der Waals surface area contributed by atoms with Crippen LogP contribution in [0.2, 0.25) is 0 Å². The van der Waals surface area contributed by atoms with Gasteiger partial charge >= 0.3 is 0 Å². The van der Waals surface area contributed by atoms with E-state index in [1.807, 2.05) is 24.3 Å². The summed E-state index contributed by atoms with van der Waals surface area (Å²) in [4.78, 5) is 21.2. The average molecular weight is 280 g/mol. The molecule has 0 aliphatic carbocycles. The van der Waals surface area contributed by atoms with Gasteiger partial charge in [-0.2, -0.15) is 0 Å². The Morgan fingerprint density at radius 2 is 2.25 bits per heavy atom. The lowest BCUT2D eigenvalue weighted by atomic mass is 10.3. The van der Waals surface area contributed by atoms with E-state index in [4.69, 9.17) is 0 Å². The van der Waals surface area contributed by atoms with Gasteiger partial charge in [0.15, 0.2) is 0 Å². The molecule has 1 amide bonds. The van der Waals surface area contributed by atoms with Crippen molar-refractivity contribution in [1.82, 2.24) is 9.97 Å². The van der Waals surface area contributed by atoms with Crippen LogP contribution in [0.1, 0.15) is 6.42 Å². The standard InChI is InChI=1S/C11H10BrN3O/c12-7-5-10(16)15(6-7)11-13-8-3-1-2-4-9(8)14-11/h1-4,7H,5-6H2,(H,13,14). The smallest absolute Gasteiger partial charge is 0.230 e. The fourth-order valence-electron chi connectivity index (χ4n) is 1.94. The maximum Gasteiger partial charge on any atom is 0.230 e. The maximum atomic E-state index is 11.7. The fraction of sp³-hybridized carbons (Fsp3) is 0.273. The van der Waals surface area contributed by atoms with Crippen molar-refractivity contribution in [3.05, 3.63) is 24.3 Å². The summed E-state index contributed by atoms with van der Waals surface area (Å²) >= 11 is 3.46. The molecule has 0 bridgehead atoms. The van der Waals surface area contributed by atoms with Crippen molar-refractivity contribution in [2.45, 2.75) is 11.2 Å². The van der Waals surface area contributed by atoms with Gasteiger partial charge in [-0.1, -0.05) is 28.1 Å². The molecule has 1 saturated heterocycles. The molecule has 1 N–H and O–H groups in total. The molecule has 2 aromatic rings. The minimum absolute atomic E-state index is 0.112. The zero-order valence-electron chi connectivity index (χ0n) is 8.48. The van der Waals surface area contributed by atoms with Crippen LogP contribution in [0.25, 0.3) is 11.0 Å². The summed E-state index contributed by atoms with van der Waals surface area (Å²) in [6.07, 6.45) is 0.539. The number of amides is 1. The number of carbonyl (C=O) groups is 1. The number of H-pyrrole nitrogens is 1. The van der Waals surface area contributed by atoms with Crippen molar-refractivity contribution >= 4 is 38.8 Å². The number of hydrogen-bond acceptors (Lipinski definition) is 2. The van der Waals surface area contributed by atoms with Crippen LogP contribution >= 0.6 is 15.9 Å². The third kappa shape index (κ3) is 1.51. The Kier molecular flexibility index (Phi) is 2.21. The predicted molar refractivity (Wildman–Crippen MR) is 65.8 cm³/mol. The topological polar surface area (TPSA) is 49.0 Å². The molecule has 1 fully saturated rings. The second kappa shape index (κ2) is 3.59. The second-order valence-corrected chi connectivity index (χ2v) is 5.18. The number of hydrogen-bond donors (Lipinski definition) is 1. The molecular weight excluding hydrogens is 270 g/mol. The van der Waals surface area contributed by atoms with Crippen LogP contribution in [0, 0.1) is 0 Å². The van der Waals surface area contributed by atoms with Crippen LogP contribution in [0.5, 0.6) is 0 Å². The van der Waals surface area contributed by atoms with Gasteiger partial charge in [-0.05, 0) is 12.1 Å². The van der Waals surface area contributed by atoms with E-state index in [0.29, 0.717) is 18.9 Å². The van der Waals surface area contributed by atoms with Gasteiger partial charge < -0.3 is 4.98 Å². The van der Waals surface area contributed by atoms with Crippen LogP contribution in [-0.2, 0) is 4.79 Å². The maximum absolute atomic E-state index is 11.7.